The van der Waals surface area contributed by atoms with Crippen LogP contribution in [-0.2, 0) is 24.3 Å². The summed E-state index contributed by atoms with van der Waals surface area (Å²) in [5.41, 5.74) is 0. The number of hydrogen-bond donors (Lipinski definition) is 0. The van der Waals surface area contributed by atoms with Gasteiger partial charge in [0, 0.05) is 0 Å². The van der Waals surface area contributed by atoms with E-state index in [4.69, 9.17) is 24.3 Å². The van der Waals surface area contributed by atoms with E-state index in [0.717, 1.165) is 12.8 Å². The third-order valence-corrected chi connectivity index (χ3v) is 22.0. The molecule has 0 heterocycles. The Morgan fingerprint density at radius 3 is 0.299 bits per heavy atom. The van der Waals surface area contributed by atoms with Gasteiger partial charge in [-0.3, -0.25) is 0 Å². The van der Waals surface area contributed by atoms with Crippen LogP contribution in [0.5, 0.6) is 0 Å². The smallest absolute Gasteiger partial charge is 0.106 e. The van der Waals surface area contributed by atoms with Crippen molar-refractivity contribution in [1.82, 2.24) is 0 Å². The number of rotatable bonds is 94. The Bertz CT molecular complexity index is 1180. The molecule has 0 aromatic carbocycles. The van der Waals surface area contributed by atoms with Crippen LogP contribution in [0, 0.1) is 0 Å². The molecule has 0 atom stereocenters. The normalized spacial score (nSPS) is 11.8. The maximum absolute atomic E-state index is 5.59. The van der Waals surface area contributed by atoms with E-state index in [2.05, 4.69) is 13.8 Å². The van der Waals surface area contributed by atoms with E-state index in [1.807, 2.05) is 0 Å². The molecule has 0 amide bonds. The van der Waals surface area contributed by atoms with Crippen molar-refractivity contribution in [1.29, 1.82) is 0 Å². The van der Waals surface area contributed by atoms with Crippen molar-refractivity contribution in [3.63, 3.8) is 0 Å². The van der Waals surface area contributed by atoms with E-state index >= 15 is 0 Å². The van der Waals surface area contributed by atoms with Crippen molar-refractivity contribution in [3.8, 4) is 0 Å². The molecule has 5 heteroatoms. The summed E-state index contributed by atoms with van der Waals surface area (Å²) in [5, 5.41) is 0. The molecule has 0 saturated heterocycles. The average molecular weight is 1370 g/mol. The number of unbranched alkanes of at least 4 members (excludes halogenated alkanes) is 82. The molecular weight excluding hydrogens is 1190 g/mol. The molecule has 0 aliphatic rings. The molecule has 0 aromatic heterocycles. The molecule has 0 fully saturated rings. The van der Waals surface area contributed by atoms with Gasteiger partial charge in [-0.15, -0.1) is 0 Å². The Morgan fingerprint density at radius 1 is 0.0928 bits per heavy atom. The molecule has 0 rings (SSSR count). The Hall–Kier alpha value is -0.200. The zero-order chi connectivity index (χ0) is 69.2. The molecule has 0 aliphatic heterocycles. The molecule has 0 saturated carbocycles. The van der Waals surface area contributed by atoms with Crippen LogP contribution >= 0.6 is 0 Å². The first kappa shape index (κ1) is 96.8. The summed E-state index contributed by atoms with van der Waals surface area (Å²) in [6.45, 7) is 7.93. The molecule has 584 valence electrons. The van der Waals surface area contributed by atoms with Crippen molar-refractivity contribution in [2.45, 2.75) is 553 Å². The SMILES string of the molecule is CCCCCCCCCCCCCCCCCCCCCCCCCCCCCCCCCCCCCCCCCCCCOOCCOCCOOCCCCCCCCCCCCCCCCCCCCCCCCCCCCCCCCCCCCCCCCCCCC. The van der Waals surface area contributed by atoms with Crippen molar-refractivity contribution in [2.75, 3.05) is 39.6 Å². The van der Waals surface area contributed by atoms with Crippen LogP contribution in [0.15, 0.2) is 0 Å². The third kappa shape index (κ3) is 95.8. The second-order valence-corrected chi connectivity index (χ2v) is 31.9. The molecule has 0 unspecified atom stereocenters. The minimum Gasteiger partial charge on any atom is -0.376 e. The highest BCUT2D eigenvalue weighted by atomic mass is 17.2. The van der Waals surface area contributed by atoms with Gasteiger partial charge < -0.3 is 4.74 Å². The highest BCUT2D eigenvalue weighted by molar-refractivity contribution is 4.58. The van der Waals surface area contributed by atoms with Gasteiger partial charge in [0.15, 0.2) is 0 Å². The van der Waals surface area contributed by atoms with E-state index < -0.39 is 0 Å². The number of ether oxygens (including phenoxy) is 1. The van der Waals surface area contributed by atoms with Crippen molar-refractivity contribution in [2.24, 2.45) is 0 Å². The Balaban J connectivity index is 3.09. The van der Waals surface area contributed by atoms with E-state index in [9.17, 15) is 0 Å². The first-order valence-corrected chi connectivity index (χ1v) is 46.5. The first-order chi connectivity index (χ1) is 48.4. The predicted octanol–water partition coefficient (Wildman–Crippen LogP) is 33.7. The molecule has 97 heavy (non-hydrogen) atoms. The summed E-state index contributed by atoms with van der Waals surface area (Å²) in [4.78, 5) is 21.3. The predicted molar refractivity (Wildman–Crippen MR) is 434 cm³/mol. The molecule has 0 spiro atoms. The Labute approximate surface area is 613 Å². The second-order valence-electron chi connectivity index (χ2n) is 31.9. The van der Waals surface area contributed by atoms with Gasteiger partial charge in [-0.05, 0) is 12.8 Å². The summed E-state index contributed by atoms with van der Waals surface area (Å²) in [5.74, 6) is 0. The average Bonchev–Trinajstić information content (AvgIpc) is 3.61. The minimum atomic E-state index is 0.459. The first-order valence-electron chi connectivity index (χ1n) is 46.5. The lowest BCUT2D eigenvalue weighted by atomic mass is 10.0. The van der Waals surface area contributed by atoms with Crippen LogP contribution in [0.25, 0.3) is 0 Å². The largest absolute Gasteiger partial charge is 0.376 e. The lowest BCUT2D eigenvalue weighted by molar-refractivity contribution is -0.308. The van der Waals surface area contributed by atoms with Gasteiger partial charge in [0.25, 0.3) is 0 Å². The lowest BCUT2D eigenvalue weighted by Gasteiger charge is -2.07. The fourth-order valence-corrected chi connectivity index (χ4v) is 15.1. The summed E-state index contributed by atoms with van der Waals surface area (Å²) < 4.78 is 5.59. The van der Waals surface area contributed by atoms with Crippen LogP contribution in [0.4, 0.5) is 0 Å². The second kappa shape index (κ2) is 95.8. The van der Waals surface area contributed by atoms with Crippen LogP contribution in [-0.4, -0.2) is 39.6 Å². The third-order valence-electron chi connectivity index (χ3n) is 22.0. The van der Waals surface area contributed by atoms with Gasteiger partial charge >= 0.3 is 0 Å². The van der Waals surface area contributed by atoms with Crippen LogP contribution in [0.3, 0.4) is 0 Å². The molecule has 0 radical (unpaired) electrons. The molecule has 0 aromatic rings. The lowest BCUT2D eigenvalue weighted by Crippen LogP contribution is -2.10. The highest BCUT2D eigenvalue weighted by Crippen LogP contribution is 2.22. The number of hydrogen-bond acceptors (Lipinski definition) is 5. The Kier molecular flexibility index (Phi) is 95.6. The van der Waals surface area contributed by atoms with Gasteiger partial charge in [0.05, 0.1) is 26.4 Å². The van der Waals surface area contributed by atoms with Crippen molar-refractivity contribution in [3.05, 3.63) is 0 Å². The van der Waals surface area contributed by atoms with E-state index in [-0.39, 0.29) is 0 Å². The highest BCUT2D eigenvalue weighted by Gasteiger charge is 2.03. The van der Waals surface area contributed by atoms with E-state index in [0.29, 0.717) is 39.6 Å². The quantitative estimate of drug-likeness (QED) is 0.0345. The maximum Gasteiger partial charge on any atom is 0.106 e. The topological polar surface area (TPSA) is 46.2 Å². The van der Waals surface area contributed by atoms with Crippen molar-refractivity contribution >= 4 is 0 Å². The van der Waals surface area contributed by atoms with Gasteiger partial charge in [0.1, 0.15) is 13.2 Å². The van der Waals surface area contributed by atoms with Gasteiger partial charge in [-0.25, -0.2) is 19.6 Å². The molecule has 0 N–H and O–H groups in total. The van der Waals surface area contributed by atoms with E-state index in [1.54, 1.807) is 0 Å². The standard InChI is InChI=1S/C92H186O5/c1-3-5-7-9-11-13-15-17-19-21-23-25-27-29-31-33-35-37-39-41-43-45-47-49-51-53-55-57-59-61-63-65-67-69-71-73-75-77-79-81-83-85-87-94-96-91-89-93-90-92-97-95-88-86-84-82-80-78-76-74-72-70-68-66-64-62-60-58-56-54-52-50-48-46-44-42-40-38-36-34-32-30-28-26-24-22-20-18-16-14-12-10-8-6-4-2/h3-92H2,1-2H3. The van der Waals surface area contributed by atoms with Crippen LogP contribution < -0.4 is 0 Å². The summed E-state index contributed by atoms with van der Waals surface area (Å²) in [7, 11) is 0. The monoisotopic (exact) mass is 1370 g/mol. The van der Waals surface area contributed by atoms with Gasteiger partial charge in [0.2, 0.25) is 0 Å². The minimum absolute atomic E-state index is 0.459. The Morgan fingerprint density at radius 2 is 0.186 bits per heavy atom. The summed E-state index contributed by atoms with van der Waals surface area (Å²) >= 11 is 0. The fraction of sp³-hybridized carbons (Fsp3) is 1.00. The van der Waals surface area contributed by atoms with Crippen LogP contribution in [0.1, 0.15) is 553 Å². The zero-order valence-electron chi connectivity index (χ0n) is 67.7. The van der Waals surface area contributed by atoms with E-state index in [1.165, 1.54) is 527 Å². The zero-order valence-corrected chi connectivity index (χ0v) is 67.7. The molecule has 5 nitrogen and oxygen atoms in total. The maximum atomic E-state index is 5.59. The van der Waals surface area contributed by atoms with Gasteiger partial charge in [-0.2, -0.15) is 0 Å². The van der Waals surface area contributed by atoms with Crippen LogP contribution in [0.2, 0.25) is 0 Å². The summed E-state index contributed by atoms with van der Waals surface area (Å²) in [6, 6.07) is 0. The summed E-state index contributed by atoms with van der Waals surface area (Å²) in [6.07, 6.45) is 122. The van der Waals surface area contributed by atoms with Gasteiger partial charge in [-0.1, -0.05) is 540 Å². The molecule has 0 aliphatic carbocycles. The fourth-order valence-electron chi connectivity index (χ4n) is 15.1. The molecular formula is C92H186O5. The molecule has 0 bridgehead atoms. The van der Waals surface area contributed by atoms with Crippen molar-refractivity contribution < 1.29 is 24.3 Å².